The second-order valence-corrected chi connectivity index (χ2v) is 4.71. The third kappa shape index (κ3) is 3.72. The number of ether oxygens (including phenoxy) is 1. The first-order chi connectivity index (χ1) is 9.22. The standard InChI is InChI=1S/C14H18ClN3O/c1-3-18-9-11(7-17-18)10-19-14-5-4-13(15)6-12(14)8-16-2/h4-7,9,16H,3,8,10H2,1-2H3. The molecule has 2 rings (SSSR count). The number of benzene rings is 1. The Morgan fingerprint density at radius 3 is 2.95 bits per heavy atom. The molecule has 0 atom stereocenters. The lowest BCUT2D eigenvalue weighted by Crippen LogP contribution is -2.07. The summed E-state index contributed by atoms with van der Waals surface area (Å²) in [5.41, 5.74) is 2.12. The molecule has 1 aromatic heterocycles. The quantitative estimate of drug-likeness (QED) is 0.884. The molecule has 0 amide bonds. The van der Waals surface area contributed by atoms with Crippen molar-refractivity contribution in [2.24, 2.45) is 0 Å². The van der Waals surface area contributed by atoms with E-state index >= 15 is 0 Å². The van der Waals surface area contributed by atoms with E-state index in [0.717, 1.165) is 35.0 Å². The first-order valence-electron chi connectivity index (χ1n) is 6.30. The van der Waals surface area contributed by atoms with Crippen molar-refractivity contribution < 1.29 is 4.74 Å². The van der Waals surface area contributed by atoms with Crippen LogP contribution >= 0.6 is 11.6 Å². The van der Waals surface area contributed by atoms with E-state index in [9.17, 15) is 0 Å². The molecule has 0 spiro atoms. The van der Waals surface area contributed by atoms with E-state index in [0.29, 0.717) is 6.61 Å². The van der Waals surface area contributed by atoms with Gasteiger partial charge in [0.1, 0.15) is 12.4 Å². The molecule has 1 aromatic carbocycles. The van der Waals surface area contributed by atoms with E-state index in [-0.39, 0.29) is 0 Å². The van der Waals surface area contributed by atoms with Gasteiger partial charge >= 0.3 is 0 Å². The van der Waals surface area contributed by atoms with Crippen LogP contribution in [0.1, 0.15) is 18.1 Å². The molecule has 0 radical (unpaired) electrons. The normalized spacial score (nSPS) is 10.7. The molecule has 0 bridgehead atoms. The molecular weight excluding hydrogens is 262 g/mol. The number of nitrogens with zero attached hydrogens (tertiary/aromatic N) is 2. The highest BCUT2D eigenvalue weighted by atomic mass is 35.5. The molecule has 102 valence electrons. The minimum Gasteiger partial charge on any atom is -0.488 e. The van der Waals surface area contributed by atoms with Crippen molar-refractivity contribution in [1.29, 1.82) is 0 Å². The maximum absolute atomic E-state index is 6.00. The molecule has 0 saturated carbocycles. The zero-order chi connectivity index (χ0) is 13.7. The van der Waals surface area contributed by atoms with Crippen molar-refractivity contribution in [2.45, 2.75) is 26.6 Å². The van der Waals surface area contributed by atoms with Crippen LogP contribution in [-0.2, 0) is 19.7 Å². The van der Waals surface area contributed by atoms with Gasteiger partial charge in [-0.1, -0.05) is 11.6 Å². The van der Waals surface area contributed by atoms with E-state index < -0.39 is 0 Å². The topological polar surface area (TPSA) is 39.1 Å². The van der Waals surface area contributed by atoms with Crippen LogP contribution in [0.3, 0.4) is 0 Å². The number of aryl methyl sites for hydroxylation is 1. The Morgan fingerprint density at radius 2 is 2.26 bits per heavy atom. The summed E-state index contributed by atoms with van der Waals surface area (Å²) in [6.45, 7) is 4.16. The number of rotatable bonds is 6. The monoisotopic (exact) mass is 279 g/mol. The summed E-state index contributed by atoms with van der Waals surface area (Å²) < 4.78 is 7.72. The zero-order valence-electron chi connectivity index (χ0n) is 11.2. The van der Waals surface area contributed by atoms with Crippen molar-refractivity contribution in [3.8, 4) is 5.75 Å². The van der Waals surface area contributed by atoms with E-state index in [2.05, 4.69) is 17.3 Å². The Morgan fingerprint density at radius 1 is 1.42 bits per heavy atom. The fourth-order valence-electron chi connectivity index (χ4n) is 1.83. The number of hydrogen-bond donors (Lipinski definition) is 1. The van der Waals surface area contributed by atoms with Crippen LogP contribution in [0.4, 0.5) is 0 Å². The molecule has 1 N–H and O–H groups in total. The molecule has 2 aromatic rings. The highest BCUT2D eigenvalue weighted by molar-refractivity contribution is 6.30. The van der Waals surface area contributed by atoms with E-state index in [4.69, 9.17) is 16.3 Å². The van der Waals surface area contributed by atoms with Crippen LogP contribution in [0.2, 0.25) is 5.02 Å². The second kappa shape index (κ2) is 6.59. The molecule has 1 heterocycles. The maximum Gasteiger partial charge on any atom is 0.124 e. The molecule has 0 aliphatic carbocycles. The van der Waals surface area contributed by atoms with Gasteiger partial charge in [-0.2, -0.15) is 5.10 Å². The first-order valence-corrected chi connectivity index (χ1v) is 6.68. The van der Waals surface area contributed by atoms with E-state index in [1.54, 1.807) is 0 Å². The van der Waals surface area contributed by atoms with Crippen molar-refractivity contribution in [2.75, 3.05) is 7.05 Å². The number of hydrogen-bond acceptors (Lipinski definition) is 3. The van der Waals surface area contributed by atoms with Crippen LogP contribution in [0.5, 0.6) is 5.75 Å². The highest BCUT2D eigenvalue weighted by Gasteiger charge is 2.05. The number of aromatic nitrogens is 2. The Bertz CT molecular complexity index is 539. The SMILES string of the molecule is CCn1cc(COc2ccc(Cl)cc2CNC)cn1. The summed E-state index contributed by atoms with van der Waals surface area (Å²) in [7, 11) is 1.90. The molecule has 4 nitrogen and oxygen atoms in total. The largest absolute Gasteiger partial charge is 0.488 e. The van der Waals surface area contributed by atoms with E-state index in [1.165, 1.54) is 0 Å². The molecule has 19 heavy (non-hydrogen) atoms. The molecule has 0 fully saturated rings. The number of nitrogens with one attached hydrogen (secondary N) is 1. The van der Waals surface area contributed by atoms with Gasteiger partial charge in [0.2, 0.25) is 0 Å². The van der Waals surface area contributed by atoms with Gasteiger partial charge in [0.25, 0.3) is 0 Å². The zero-order valence-corrected chi connectivity index (χ0v) is 11.9. The lowest BCUT2D eigenvalue weighted by Gasteiger charge is -2.11. The van der Waals surface area contributed by atoms with Gasteiger partial charge in [0.05, 0.1) is 6.20 Å². The minimum absolute atomic E-state index is 0.512. The predicted octanol–water partition coefficient (Wildman–Crippen LogP) is 2.85. The second-order valence-electron chi connectivity index (χ2n) is 4.28. The third-order valence-corrected chi connectivity index (χ3v) is 3.03. The van der Waals surface area contributed by atoms with Gasteiger partial charge in [-0.05, 0) is 32.2 Å². The summed E-state index contributed by atoms with van der Waals surface area (Å²) in [5, 5.41) is 8.05. The molecule has 0 unspecified atom stereocenters. The Balaban J connectivity index is 2.05. The average Bonchev–Trinajstić information content (AvgIpc) is 2.86. The molecule has 0 saturated heterocycles. The van der Waals surface area contributed by atoms with Gasteiger partial charge < -0.3 is 10.1 Å². The summed E-state index contributed by atoms with van der Waals surface area (Å²) in [4.78, 5) is 0. The fourth-order valence-corrected chi connectivity index (χ4v) is 2.03. The van der Waals surface area contributed by atoms with Gasteiger partial charge in [-0.15, -0.1) is 0 Å². The lowest BCUT2D eigenvalue weighted by molar-refractivity contribution is 0.302. The molecule has 0 aliphatic rings. The molecule has 5 heteroatoms. The van der Waals surface area contributed by atoms with Crippen LogP contribution in [0.25, 0.3) is 0 Å². The Kier molecular flexibility index (Phi) is 4.82. The number of halogens is 1. The van der Waals surface area contributed by atoms with Crippen molar-refractivity contribution in [3.63, 3.8) is 0 Å². The van der Waals surface area contributed by atoms with Gasteiger partial charge in [-0.25, -0.2) is 0 Å². The summed E-state index contributed by atoms with van der Waals surface area (Å²) in [6, 6.07) is 5.66. The van der Waals surface area contributed by atoms with E-state index in [1.807, 2.05) is 42.3 Å². The van der Waals surface area contributed by atoms with Crippen LogP contribution in [0, 0.1) is 0 Å². The Labute approximate surface area is 118 Å². The lowest BCUT2D eigenvalue weighted by atomic mass is 10.2. The van der Waals surface area contributed by atoms with Crippen molar-refractivity contribution in [3.05, 3.63) is 46.7 Å². The van der Waals surface area contributed by atoms with Crippen molar-refractivity contribution in [1.82, 2.24) is 15.1 Å². The summed E-state index contributed by atoms with van der Waals surface area (Å²) in [6.07, 6.45) is 3.82. The van der Waals surface area contributed by atoms with Crippen LogP contribution in [0.15, 0.2) is 30.6 Å². The Hall–Kier alpha value is -1.52. The first kappa shape index (κ1) is 13.9. The summed E-state index contributed by atoms with van der Waals surface area (Å²) in [5.74, 6) is 0.850. The average molecular weight is 280 g/mol. The smallest absolute Gasteiger partial charge is 0.124 e. The summed E-state index contributed by atoms with van der Waals surface area (Å²) >= 11 is 6.00. The van der Waals surface area contributed by atoms with Gasteiger partial charge in [0, 0.05) is 35.4 Å². The van der Waals surface area contributed by atoms with Crippen LogP contribution < -0.4 is 10.1 Å². The van der Waals surface area contributed by atoms with Gasteiger partial charge in [-0.3, -0.25) is 4.68 Å². The fraction of sp³-hybridized carbons (Fsp3) is 0.357. The third-order valence-electron chi connectivity index (χ3n) is 2.79. The molecule has 0 aliphatic heterocycles. The highest BCUT2D eigenvalue weighted by Crippen LogP contribution is 2.23. The molecular formula is C14H18ClN3O. The van der Waals surface area contributed by atoms with Gasteiger partial charge in [0.15, 0.2) is 0 Å². The predicted molar refractivity (Wildman–Crippen MR) is 76.4 cm³/mol. The minimum atomic E-state index is 0.512. The maximum atomic E-state index is 6.00. The van der Waals surface area contributed by atoms with Crippen LogP contribution in [-0.4, -0.2) is 16.8 Å². The van der Waals surface area contributed by atoms with Crippen molar-refractivity contribution >= 4 is 11.6 Å².